The number of thiophene rings is 1. The first-order chi connectivity index (χ1) is 5.86. The summed E-state index contributed by atoms with van der Waals surface area (Å²) in [6.07, 6.45) is 0. The second-order valence-corrected chi connectivity index (χ2v) is 3.20. The van der Waals surface area contributed by atoms with Crippen LogP contribution in [0.4, 0.5) is 0 Å². The van der Waals surface area contributed by atoms with Gasteiger partial charge in [-0.15, -0.1) is 0 Å². The largest absolute Gasteiger partial charge is 0.487 e. The minimum atomic E-state index is 0.722. The highest BCUT2D eigenvalue weighted by atomic mass is 32.1. The zero-order chi connectivity index (χ0) is 8.81. The Labute approximate surface area is 76.6 Å². The van der Waals surface area contributed by atoms with Crippen LogP contribution in [0.5, 0.6) is 5.06 Å². The van der Waals surface area contributed by atoms with Gasteiger partial charge in [-0.1, -0.05) is 23.2 Å². The summed E-state index contributed by atoms with van der Waals surface area (Å²) in [6.45, 7) is 0.722. The Morgan fingerprint density at radius 2 is 2.42 bits per heavy atom. The lowest BCUT2D eigenvalue weighted by Crippen LogP contribution is -2.04. The van der Waals surface area contributed by atoms with Crippen molar-refractivity contribution < 1.29 is 4.74 Å². The second kappa shape index (κ2) is 4.81. The van der Waals surface area contributed by atoms with E-state index in [1.54, 1.807) is 18.4 Å². The van der Waals surface area contributed by atoms with Crippen molar-refractivity contribution in [3.8, 4) is 16.9 Å². The summed E-state index contributed by atoms with van der Waals surface area (Å²) in [5, 5.41) is 3.86. The Hall–Kier alpha value is -0.980. The molecule has 0 spiro atoms. The van der Waals surface area contributed by atoms with Crippen LogP contribution < -0.4 is 10.1 Å². The highest BCUT2D eigenvalue weighted by molar-refractivity contribution is 7.14. The average molecular weight is 181 g/mol. The van der Waals surface area contributed by atoms with E-state index < -0.39 is 0 Å². The van der Waals surface area contributed by atoms with Gasteiger partial charge in [0.15, 0.2) is 5.06 Å². The molecule has 3 heteroatoms. The molecule has 0 aliphatic heterocycles. The summed E-state index contributed by atoms with van der Waals surface area (Å²) in [4.78, 5) is 1.04. The molecule has 0 aromatic carbocycles. The smallest absolute Gasteiger partial charge is 0.174 e. The Balaban J connectivity index is 2.59. The van der Waals surface area contributed by atoms with E-state index in [4.69, 9.17) is 4.74 Å². The fourth-order valence-corrected chi connectivity index (χ4v) is 1.41. The van der Waals surface area contributed by atoms with Crippen LogP contribution >= 0.6 is 11.3 Å². The molecule has 0 fully saturated rings. The van der Waals surface area contributed by atoms with Crippen LogP contribution in [0.2, 0.25) is 0 Å². The van der Waals surface area contributed by atoms with Gasteiger partial charge in [0.05, 0.1) is 18.5 Å². The maximum atomic E-state index is 5.04. The fourth-order valence-electron chi connectivity index (χ4n) is 0.717. The highest BCUT2D eigenvalue weighted by Crippen LogP contribution is 2.22. The van der Waals surface area contributed by atoms with Gasteiger partial charge in [-0.05, 0) is 19.2 Å². The molecule has 0 aliphatic carbocycles. The zero-order valence-corrected chi connectivity index (χ0v) is 7.99. The monoisotopic (exact) mass is 181 g/mol. The molecule has 1 aromatic rings. The first kappa shape index (κ1) is 9.11. The molecular formula is C9H11NOS. The first-order valence-corrected chi connectivity index (χ1v) is 4.45. The van der Waals surface area contributed by atoms with Gasteiger partial charge in [-0.2, -0.15) is 0 Å². The lowest BCUT2D eigenvalue weighted by atomic mass is 10.4. The van der Waals surface area contributed by atoms with Gasteiger partial charge in [0.25, 0.3) is 0 Å². The van der Waals surface area contributed by atoms with Crippen molar-refractivity contribution in [3.63, 3.8) is 0 Å². The molecule has 0 saturated carbocycles. The van der Waals surface area contributed by atoms with E-state index in [-0.39, 0.29) is 0 Å². The summed E-state index contributed by atoms with van der Waals surface area (Å²) in [5.74, 6) is 6.01. The van der Waals surface area contributed by atoms with Crippen LogP contribution in [-0.2, 0) is 0 Å². The van der Waals surface area contributed by atoms with E-state index in [9.17, 15) is 0 Å². The minimum Gasteiger partial charge on any atom is -0.487 e. The quantitative estimate of drug-likeness (QED) is 0.695. The van der Waals surface area contributed by atoms with Crippen LogP contribution in [0.3, 0.4) is 0 Å². The summed E-state index contributed by atoms with van der Waals surface area (Å²) in [7, 11) is 3.54. The molecule has 0 amide bonds. The normalized spacial score (nSPS) is 8.83. The third-order valence-electron chi connectivity index (χ3n) is 1.26. The second-order valence-electron chi connectivity index (χ2n) is 2.15. The predicted octanol–water partition coefficient (Wildman–Crippen LogP) is 1.33. The van der Waals surface area contributed by atoms with Crippen LogP contribution in [0, 0.1) is 11.8 Å². The molecule has 0 unspecified atom stereocenters. The van der Waals surface area contributed by atoms with Gasteiger partial charge in [0, 0.05) is 0 Å². The molecule has 1 aromatic heterocycles. The molecule has 1 rings (SSSR count). The van der Waals surface area contributed by atoms with Gasteiger partial charge in [-0.25, -0.2) is 0 Å². The maximum Gasteiger partial charge on any atom is 0.174 e. The third kappa shape index (κ3) is 2.57. The highest BCUT2D eigenvalue weighted by Gasteiger charge is 1.94. The molecule has 0 bridgehead atoms. The molecule has 0 radical (unpaired) electrons. The van der Waals surface area contributed by atoms with Gasteiger partial charge >= 0.3 is 0 Å². The number of nitrogens with one attached hydrogen (secondary N) is 1. The Bertz CT molecular complexity index is 295. The topological polar surface area (TPSA) is 21.3 Å². The van der Waals surface area contributed by atoms with Crippen molar-refractivity contribution >= 4 is 11.3 Å². The summed E-state index contributed by atoms with van der Waals surface area (Å²) < 4.78 is 5.04. The van der Waals surface area contributed by atoms with Crippen molar-refractivity contribution in [1.82, 2.24) is 5.32 Å². The minimum absolute atomic E-state index is 0.722. The Kier molecular flexibility index (Phi) is 3.65. The molecule has 0 atom stereocenters. The van der Waals surface area contributed by atoms with Gasteiger partial charge in [0.1, 0.15) is 0 Å². The fraction of sp³-hybridized carbons (Fsp3) is 0.333. The molecule has 0 aliphatic rings. The Morgan fingerprint density at radius 3 is 3.00 bits per heavy atom. The predicted molar refractivity (Wildman–Crippen MR) is 51.7 cm³/mol. The molecular weight excluding hydrogens is 170 g/mol. The SMILES string of the molecule is CNCC#Cc1ccc(OC)s1. The number of ether oxygens (including phenoxy) is 1. The summed E-state index contributed by atoms with van der Waals surface area (Å²) in [5.41, 5.74) is 0. The number of hydrogen-bond donors (Lipinski definition) is 1. The van der Waals surface area contributed by atoms with Crippen LogP contribution in [0.15, 0.2) is 12.1 Å². The van der Waals surface area contributed by atoms with E-state index in [1.807, 2.05) is 19.2 Å². The van der Waals surface area contributed by atoms with E-state index in [1.165, 1.54) is 0 Å². The van der Waals surface area contributed by atoms with Gasteiger partial charge in [0.2, 0.25) is 0 Å². The molecule has 1 N–H and O–H groups in total. The van der Waals surface area contributed by atoms with Crippen molar-refractivity contribution in [1.29, 1.82) is 0 Å². The van der Waals surface area contributed by atoms with Gasteiger partial charge < -0.3 is 10.1 Å². The maximum absolute atomic E-state index is 5.04. The average Bonchev–Trinajstić information content (AvgIpc) is 2.53. The van der Waals surface area contributed by atoms with Crippen molar-refractivity contribution in [2.45, 2.75) is 0 Å². The molecule has 64 valence electrons. The lowest BCUT2D eigenvalue weighted by molar-refractivity contribution is 0.427. The van der Waals surface area contributed by atoms with Crippen LogP contribution in [0.25, 0.3) is 0 Å². The molecule has 12 heavy (non-hydrogen) atoms. The van der Waals surface area contributed by atoms with E-state index in [0.29, 0.717) is 0 Å². The van der Waals surface area contributed by atoms with E-state index in [2.05, 4.69) is 17.2 Å². The van der Waals surface area contributed by atoms with Crippen molar-refractivity contribution in [3.05, 3.63) is 17.0 Å². The van der Waals surface area contributed by atoms with Gasteiger partial charge in [-0.3, -0.25) is 0 Å². The van der Waals surface area contributed by atoms with E-state index in [0.717, 1.165) is 16.5 Å². The third-order valence-corrected chi connectivity index (χ3v) is 2.22. The Morgan fingerprint density at radius 1 is 1.58 bits per heavy atom. The molecule has 1 heterocycles. The van der Waals surface area contributed by atoms with E-state index >= 15 is 0 Å². The lowest BCUT2D eigenvalue weighted by Gasteiger charge is -1.87. The number of rotatable bonds is 2. The number of methoxy groups -OCH3 is 1. The standard InChI is InChI=1S/C9H11NOS/c1-10-7-3-4-8-5-6-9(11-2)12-8/h5-6,10H,7H2,1-2H3. The first-order valence-electron chi connectivity index (χ1n) is 3.64. The molecule has 0 saturated heterocycles. The van der Waals surface area contributed by atoms with Crippen LogP contribution in [0.1, 0.15) is 4.88 Å². The number of hydrogen-bond acceptors (Lipinski definition) is 3. The van der Waals surface area contributed by atoms with Crippen molar-refractivity contribution in [2.75, 3.05) is 20.7 Å². The summed E-state index contributed by atoms with van der Waals surface area (Å²) >= 11 is 1.56. The summed E-state index contributed by atoms with van der Waals surface area (Å²) in [6, 6.07) is 3.89. The zero-order valence-electron chi connectivity index (χ0n) is 7.18. The van der Waals surface area contributed by atoms with Crippen LogP contribution in [-0.4, -0.2) is 20.7 Å². The molecule has 2 nitrogen and oxygen atoms in total. The van der Waals surface area contributed by atoms with Crippen molar-refractivity contribution in [2.24, 2.45) is 0 Å².